The standard InChI is InChI=1S/C13H8O6S2.Na.H/c14-9-3-1-2-4-12(9)21(16,17)19-8-5-6-11-10(7-8)18-13(15)20-11;;/h1-7,14H;;/q;+1;-1. The van der Waals surface area contributed by atoms with Crippen LogP contribution in [-0.4, -0.2) is 13.5 Å². The summed E-state index contributed by atoms with van der Waals surface area (Å²) in [6, 6.07) is 9.69. The van der Waals surface area contributed by atoms with Crippen LogP contribution in [0, 0.1) is 0 Å². The maximum Gasteiger partial charge on any atom is 1.00 e. The molecule has 0 unspecified atom stereocenters. The largest absolute Gasteiger partial charge is 1.00 e. The van der Waals surface area contributed by atoms with Crippen LogP contribution in [0.15, 0.2) is 56.6 Å². The third-order valence-electron chi connectivity index (χ3n) is 2.64. The molecule has 0 atom stereocenters. The van der Waals surface area contributed by atoms with E-state index >= 15 is 0 Å². The van der Waals surface area contributed by atoms with Gasteiger partial charge in [-0.2, -0.15) is 8.42 Å². The molecule has 1 heterocycles. The molecule has 0 bridgehead atoms. The van der Waals surface area contributed by atoms with Gasteiger partial charge in [0.15, 0.2) is 5.58 Å². The molecule has 3 rings (SSSR count). The van der Waals surface area contributed by atoms with Crippen LogP contribution in [0.1, 0.15) is 1.43 Å². The number of fused-ring (bicyclic) bond motifs is 1. The molecule has 3 aromatic rings. The van der Waals surface area contributed by atoms with Crippen molar-refractivity contribution in [1.29, 1.82) is 0 Å². The Kier molecular flexibility index (Phi) is 4.98. The van der Waals surface area contributed by atoms with Crippen molar-refractivity contribution in [2.45, 2.75) is 4.90 Å². The Morgan fingerprint density at radius 3 is 2.64 bits per heavy atom. The Hall–Kier alpha value is -1.32. The molecule has 6 nitrogen and oxygen atoms in total. The van der Waals surface area contributed by atoms with Gasteiger partial charge in [-0.15, -0.1) is 0 Å². The monoisotopic (exact) mass is 348 g/mol. The van der Waals surface area contributed by atoms with E-state index in [4.69, 9.17) is 8.60 Å². The number of phenols is 1. The molecule has 22 heavy (non-hydrogen) atoms. The molecule has 0 spiro atoms. The zero-order chi connectivity index (χ0) is 15.0. The summed E-state index contributed by atoms with van der Waals surface area (Å²) in [4.78, 5) is 10.3. The first-order valence-electron chi connectivity index (χ1n) is 5.72. The smallest absolute Gasteiger partial charge is 1.00 e. The fourth-order valence-corrected chi connectivity index (χ4v) is 3.41. The topological polar surface area (TPSA) is 93.8 Å². The van der Waals surface area contributed by atoms with Gasteiger partial charge in [-0.25, -0.2) is 4.79 Å². The molecule has 2 aromatic carbocycles. The molecule has 1 N–H and O–H groups in total. The number of para-hydroxylation sites is 1. The van der Waals surface area contributed by atoms with Gasteiger partial charge in [-0.3, -0.25) is 0 Å². The van der Waals surface area contributed by atoms with E-state index in [1.54, 1.807) is 0 Å². The molecule has 0 radical (unpaired) electrons. The van der Waals surface area contributed by atoms with E-state index in [1.165, 1.54) is 42.5 Å². The van der Waals surface area contributed by atoms with Crippen molar-refractivity contribution in [3.05, 3.63) is 52.2 Å². The Labute approximate surface area is 152 Å². The van der Waals surface area contributed by atoms with Crippen LogP contribution in [0.5, 0.6) is 11.5 Å². The van der Waals surface area contributed by atoms with Gasteiger partial charge in [0, 0.05) is 6.07 Å². The summed E-state index contributed by atoms with van der Waals surface area (Å²) in [6.45, 7) is 0. The molecule has 110 valence electrons. The number of phenolic OH excluding ortho intramolecular Hbond substituents is 1. The molecule has 0 aliphatic rings. The van der Waals surface area contributed by atoms with Crippen LogP contribution in [-0.2, 0) is 10.1 Å². The Balaban J connectivity index is 0.00000132. The van der Waals surface area contributed by atoms with Crippen LogP contribution in [0.3, 0.4) is 0 Å². The van der Waals surface area contributed by atoms with Crippen molar-refractivity contribution in [2.24, 2.45) is 0 Å². The molecular formula is C13H9NaO6S2. The van der Waals surface area contributed by atoms with E-state index in [2.05, 4.69) is 0 Å². The third kappa shape index (κ3) is 3.36. The summed E-state index contributed by atoms with van der Waals surface area (Å²) in [7, 11) is -4.17. The minimum atomic E-state index is -4.17. The number of rotatable bonds is 3. The minimum Gasteiger partial charge on any atom is -1.00 e. The van der Waals surface area contributed by atoms with Gasteiger partial charge in [0.1, 0.15) is 16.4 Å². The van der Waals surface area contributed by atoms with Crippen molar-refractivity contribution in [3.8, 4) is 11.5 Å². The minimum absolute atomic E-state index is 0. The first-order chi connectivity index (χ1) is 9.95. The fraction of sp³-hybridized carbons (Fsp3) is 0. The summed E-state index contributed by atoms with van der Waals surface area (Å²) in [6.07, 6.45) is 0. The van der Waals surface area contributed by atoms with Gasteiger partial charge in [0.2, 0.25) is 0 Å². The van der Waals surface area contributed by atoms with Gasteiger partial charge in [0.25, 0.3) is 0 Å². The quantitative estimate of drug-likeness (QED) is 0.504. The zero-order valence-electron chi connectivity index (χ0n) is 12.3. The summed E-state index contributed by atoms with van der Waals surface area (Å²) in [5.74, 6) is -0.409. The van der Waals surface area contributed by atoms with Crippen LogP contribution < -0.4 is 38.7 Å². The van der Waals surface area contributed by atoms with Crippen LogP contribution in [0.25, 0.3) is 10.3 Å². The van der Waals surface area contributed by atoms with E-state index in [0.29, 0.717) is 4.70 Å². The number of aromatic hydroxyl groups is 1. The van der Waals surface area contributed by atoms with Crippen molar-refractivity contribution in [2.75, 3.05) is 0 Å². The van der Waals surface area contributed by atoms with Crippen molar-refractivity contribution >= 4 is 31.7 Å². The predicted octanol–water partition coefficient (Wildman–Crippen LogP) is -0.556. The summed E-state index contributed by atoms with van der Waals surface area (Å²) in [5.41, 5.74) is 0.245. The van der Waals surface area contributed by atoms with E-state index in [0.717, 1.165) is 11.3 Å². The molecule has 0 amide bonds. The normalized spacial score (nSPS) is 11.1. The Bertz CT molecular complexity index is 979. The molecular weight excluding hydrogens is 339 g/mol. The summed E-state index contributed by atoms with van der Waals surface area (Å²) < 4.78 is 34.6. The van der Waals surface area contributed by atoms with E-state index < -0.39 is 20.8 Å². The number of hydrogen-bond donors (Lipinski definition) is 1. The van der Waals surface area contributed by atoms with E-state index in [1.807, 2.05) is 0 Å². The van der Waals surface area contributed by atoms with Gasteiger partial charge in [0.05, 0.1) is 4.70 Å². The van der Waals surface area contributed by atoms with Gasteiger partial charge >= 0.3 is 44.6 Å². The van der Waals surface area contributed by atoms with Crippen molar-refractivity contribution < 1.29 is 53.1 Å². The first kappa shape index (κ1) is 17.0. The number of hydrogen-bond acceptors (Lipinski definition) is 7. The van der Waals surface area contributed by atoms with Gasteiger partial charge < -0.3 is 15.1 Å². The molecule has 9 heteroatoms. The van der Waals surface area contributed by atoms with Crippen molar-refractivity contribution in [1.82, 2.24) is 0 Å². The fourth-order valence-electron chi connectivity index (χ4n) is 1.74. The first-order valence-corrected chi connectivity index (χ1v) is 7.94. The number of benzene rings is 2. The summed E-state index contributed by atoms with van der Waals surface area (Å²) in [5, 5.41) is 9.58. The zero-order valence-corrected chi connectivity index (χ0v) is 15.0. The average molecular weight is 348 g/mol. The van der Waals surface area contributed by atoms with Gasteiger partial charge in [-0.05, 0) is 24.3 Å². The Morgan fingerprint density at radius 1 is 1.18 bits per heavy atom. The van der Waals surface area contributed by atoms with Crippen molar-refractivity contribution in [3.63, 3.8) is 0 Å². The predicted molar refractivity (Wildman–Crippen MR) is 77.4 cm³/mol. The van der Waals surface area contributed by atoms with Gasteiger partial charge in [-0.1, -0.05) is 23.5 Å². The maximum atomic E-state index is 12.1. The van der Waals surface area contributed by atoms with E-state index in [9.17, 15) is 18.3 Å². The second-order valence-electron chi connectivity index (χ2n) is 4.07. The molecule has 0 saturated carbocycles. The van der Waals surface area contributed by atoms with Crippen LogP contribution in [0.4, 0.5) is 0 Å². The summed E-state index contributed by atoms with van der Waals surface area (Å²) >= 11 is 0.910. The van der Waals surface area contributed by atoms with Crippen LogP contribution in [0.2, 0.25) is 0 Å². The van der Waals surface area contributed by atoms with Crippen LogP contribution >= 0.6 is 11.3 Å². The second-order valence-corrected chi connectivity index (χ2v) is 6.56. The Morgan fingerprint density at radius 2 is 1.91 bits per heavy atom. The SMILES string of the molecule is O=c1oc2cc(OS(=O)(=O)c3ccccc3O)ccc2s1.[H-].[Na+]. The molecule has 0 aliphatic heterocycles. The molecule has 0 saturated heterocycles. The average Bonchev–Trinajstić information content (AvgIpc) is 2.78. The molecule has 0 fully saturated rings. The second kappa shape index (κ2) is 6.43. The third-order valence-corrected chi connectivity index (χ3v) is 4.75. The molecule has 1 aromatic heterocycles. The maximum absolute atomic E-state index is 12.1. The molecule has 0 aliphatic carbocycles. The van der Waals surface area contributed by atoms with E-state index in [-0.39, 0.29) is 47.2 Å².